The van der Waals surface area contributed by atoms with Crippen LogP contribution < -0.4 is 9.47 Å². The maximum atomic E-state index is 6.04. The summed E-state index contributed by atoms with van der Waals surface area (Å²) in [5.74, 6) is 1.51. The van der Waals surface area contributed by atoms with E-state index in [-0.39, 0.29) is 10.8 Å². The maximum Gasteiger partial charge on any atom is 0.172 e. The van der Waals surface area contributed by atoms with Crippen molar-refractivity contribution in [3.8, 4) is 21.9 Å². The molecule has 0 aliphatic heterocycles. The lowest BCUT2D eigenvalue weighted by molar-refractivity contribution is 0.347. The minimum absolute atomic E-state index is 0.146. The van der Waals surface area contributed by atoms with Crippen molar-refractivity contribution in [2.45, 2.75) is 66.2 Å². The monoisotopic (exact) mass is 530 g/mol. The first-order valence-corrected chi connectivity index (χ1v) is 14.4. The van der Waals surface area contributed by atoms with E-state index in [1.807, 2.05) is 34.0 Å². The summed E-state index contributed by atoms with van der Waals surface area (Å²) in [7, 11) is 3.44. The van der Waals surface area contributed by atoms with Gasteiger partial charge in [0.2, 0.25) is 0 Å². The van der Waals surface area contributed by atoms with Crippen LogP contribution in [0.2, 0.25) is 0 Å². The van der Waals surface area contributed by atoms with Gasteiger partial charge in [-0.15, -0.1) is 34.0 Å². The van der Waals surface area contributed by atoms with E-state index in [0.29, 0.717) is 0 Å². The van der Waals surface area contributed by atoms with Crippen LogP contribution in [0.5, 0.6) is 11.5 Å². The summed E-state index contributed by atoms with van der Waals surface area (Å²) >= 11 is 6.98. The van der Waals surface area contributed by atoms with Crippen molar-refractivity contribution in [2.75, 3.05) is 14.2 Å². The van der Waals surface area contributed by atoms with Gasteiger partial charge in [-0.25, -0.2) is 0 Å². The molecule has 0 radical (unpaired) electrons. The van der Waals surface area contributed by atoms with Gasteiger partial charge >= 0.3 is 0 Å². The average Bonchev–Trinajstić information content (AvgIpc) is 3.48. The molecule has 0 aliphatic carbocycles. The van der Waals surface area contributed by atoms with Crippen LogP contribution in [0.4, 0.5) is 0 Å². The summed E-state index contributed by atoms with van der Waals surface area (Å²) in [6.45, 7) is 17.9. The summed E-state index contributed by atoms with van der Waals surface area (Å²) in [6.07, 6.45) is 0. The van der Waals surface area contributed by atoms with Crippen molar-refractivity contribution in [1.82, 2.24) is 8.75 Å². The highest BCUT2D eigenvalue weighted by atomic mass is 32.1. The number of ether oxygens (including phenoxy) is 2. The van der Waals surface area contributed by atoms with Gasteiger partial charge in [0.25, 0.3) is 0 Å². The lowest BCUT2D eigenvalue weighted by Crippen LogP contribution is -2.15. The van der Waals surface area contributed by atoms with E-state index in [0.717, 1.165) is 33.7 Å². The van der Waals surface area contributed by atoms with Gasteiger partial charge < -0.3 is 9.47 Å². The highest BCUT2D eigenvalue weighted by Crippen LogP contribution is 2.56. The molecular formula is C26H30N2O2S4. The number of aryl methyl sites for hydroxylation is 2. The van der Waals surface area contributed by atoms with Crippen molar-refractivity contribution in [3.63, 3.8) is 0 Å². The van der Waals surface area contributed by atoms with Gasteiger partial charge in [-0.3, -0.25) is 0 Å². The van der Waals surface area contributed by atoms with E-state index in [2.05, 4.69) is 55.4 Å². The number of nitrogens with zero attached hydrogens (tertiary/aromatic N) is 2. The minimum Gasteiger partial charge on any atom is -0.492 e. The van der Waals surface area contributed by atoms with Crippen LogP contribution in [0.15, 0.2) is 0 Å². The predicted octanol–water partition coefficient (Wildman–Crippen LogP) is 9.08. The minimum atomic E-state index is -0.167. The molecule has 8 heteroatoms. The maximum absolute atomic E-state index is 6.04. The van der Waals surface area contributed by atoms with Crippen LogP contribution in [0.1, 0.15) is 63.1 Å². The first-order valence-electron chi connectivity index (χ1n) is 11.3. The highest BCUT2D eigenvalue weighted by Gasteiger charge is 2.33. The molecule has 0 amide bonds. The SMILES string of the molecule is COc1c(OC)c(C(C)(C)C)c2nsnc2c1-c1sc2c(sc3c(C)c(C(C)(C)C)sc32)c1C. The summed E-state index contributed by atoms with van der Waals surface area (Å²) in [5.41, 5.74) is 6.55. The normalized spacial score (nSPS) is 13.0. The number of methoxy groups -OCH3 is 2. The molecule has 0 saturated carbocycles. The Labute approximate surface area is 216 Å². The molecule has 5 aromatic rings. The Morgan fingerprint density at radius 3 is 1.82 bits per heavy atom. The second kappa shape index (κ2) is 7.88. The fraction of sp³-hybridized carbons (Fsp3) is 0.462. The molecular weight excluding hydrogens is 501 g/mol. The molecule has 0 unspecified atom stereocenters. The lowest BCUT2D eigenvalue weighted by atomic mass is 9.83. The number of aromatic nitrogens is 2. The molecule has 1 aromatic carbocycles. The first-order chi connectivity index (χ1) is 15.9. The van der Waals surface area contributed by atoms with Gasteiger partial charge in [-0.1, -0.05) is 41.5 Å². The zero-order chi connectivity index (χ0) is 24.7. The van der Waals surface area contributed by atoms with Crippen LogP contribution in [0.3, 0.4) is 0 Å². The number of hydrogen-bond donors (Lipinski definition) is 0. The fourth-order valence-electron chi connectivity index (χ4n) is 4.85. The second-order valence-corrected chi connectivity index (χ2v) is 14.4. The highest BCUT2D eigenvalue weighted by molar-refractivity contribution is 7.39. The Morgan fingerprint density at radius 2 is 1.24 bits per heavy atom. The topological polar surface area (TPSA) is 44.2 Å². The third-order valence-corrected chi connectivity index (χ3v) is 11.7. The molecule has 0 aliphatic rings. The van der Waals surface area contributed by atoms with Crippen molar-refractivity contribution >= 4 is 75.6 Å². The van der Waals surface area contributed by atoms with Crippen LogP contribution in [-0.2, 0) is 10.8 Å². The summed E-state index contributed by atoms with van der Waals surface area (Å²) < 4.78 is 27.1. The number of rotatable bonds is 3. The van der Waals surface area contributed by atoms with Gasteiger partial charge in [-0.05, 0) is 35.8 Å². The molecule has 4 aromatic heterocycles. The number of benzene rings is 1. The molecule has 0 saturated heterocycles. The Bertz CT molecular complexity index is 1570. The van der Waals surface area contributed by atoms with Gasteiger partial charge in [0, 0.05) is 15.3 Å². The summed E-state index contributed by atoms with van der Waals surface area (Å²) in [4.78, 5) is 2.67. The largest absolute Gasteiger partial charge is 0.492 e. The Hall–Kier alpha value is -1.74. The van der Waals surface area contributed by atoms with Crippen molar-refractivity contribution in [2.24, 2.45) is 0 Å². The fourth-order valence-corrected chi connectivity index (χ4v) is 9.92. The van der Waals surface area contributed by atoms with E-state index >= 15 is 0 Å². The zero-order valence-corrected chi connectivity index (χ0v) is 24.6. The number of hydrogen-bond acceptors (Lipinski definition) is 8. The van der Waals surface area contributed by atoms with E-state index < -0.39 is 0 Å². The zero-order valence-electron chi connectivity index (χ0n) is 21.3. The van der Waals surface area contributed by atoms with Crippen molar-refractivity contribution in [1.29, 1.82) is 0 Å². The van der Waals surface area contributed by atoms with E-state index in [9.17, 15) is 0 Å². The third-order valence-electron chi connectivity index (χ3n) is 6.28. The second-order valence-electron chi connectivity index (χ2n) is 10.8. The van der Waals surface area contributed by atoms with Crippen molar-refractivity contribution in [3.05, 3.63) is 21.6 Å². The molecule has 5 rings (SSSR count). The Morgan fingerprint density at radius 1 is 0.647 bits per heavy atom. The summed E-state index contributed by atoms with van der Waals surface area (Å²) in [5, 5.41) is 0. The quantitative estimate of drug-likeness (QED) is 0.233. The molecule has 0 fully saturated rings. The van der Waals surface area contributed by atoms with E-state index in [4.69, 9.17) is 18.2 Å². The Balaban J connectivity index is 1.87. The van der Waals surface area contributed by atoms with E-state index in [1.165, 1.54) is 51.4 Å². The number of thiophene rings is 3. The smallest absolute Gasteiger partial charge is 0.172 e. The molecule has 0 N–H and O–H groups in total. The molecule has 180 valence electrons. The molecule has 34 heavy (non-hydrogen) atoms. The van der Waals surface area contributed by atoms with Gasteiger partial charge in [-0.2, -0.15) is 8.75 Å². The van der Waals surface area contributed by atoms with Crippen LogP contribution >= 0.6 is 45.7 Å². The van der Waals surface area contributed by atoms with Crippen LogP contribution in [0, 0.1) is 13.8 Å². The average molecular weight is 531 g/mol. The van der Waals surface area contributed by atoms with E-state index in [1.54, 1.807) is 14.2 Å². The standard InChI is InChI=1S/C26H30N2O2S4/c1-11-19(31-22-20(11)32-21-12(2)24(26(6,7)8)33-23(21)22)13-15-16(28-34-27-15)14(25(3,4)5)18(30-10)17(13)29-9/h1-10H3. The van der Waals surface area contributed by atoms with Crippen LogP contribution in [-0.4, -0.2) is 23.0 Å². The molecule has 4 heterocycles. The van der Waals surface area contributed by atoms with Crippen LogP contribution in [0.25, 0.3) is 40.3 Å². The lowest BCUT2D eigenvalue weighted by Gasteiger charge is -2.25. The molecule has 0 spiro atoms. The molecule has 4 nitrogen and oxygen atoms in total. The third kappa shape index (κ3) is 3.33. The van der Waals surface area contributed by atoms with Crippen molar-refractivity contribution < 1.29 is 9.47 Å². The van der Waals surface area contributed by atoms with Gasteiger partial charge in [0.15, 0.2) is 11.5 Å². The summed E-state index contributed by atoms with van der Waals surface area (Å²) in [6, 6.07) is 0. The van der Waals surface area contributed by atoms with Gasteiger partial charge in [0.1, 0.15) is 11.0 Å². The number of fused-ring (bicyclic) bond motifs is 4. The predicted molar refractivity (Wildman–Crippen MR) is 151 cm³/mol. The van der Waals surface area contributed by atoms with Gasteiger partial charge in [0.05, 0.1) is 50.3 Å². The first kappa shape index (κ1) is 24.0. The molecule has 0 bridgehead atoms. The molecule has 0 atom stereocenters. The Kier molecular flexibility index (Phi) is 5.56.